The predicted molar refractivity (Wildman–Crippen MR) is 123 cm³/mol. The summed E-state index contributed by atoms with van der Waals surface area (Å²) in [5, 5.41) is 43.9. The molecule has 0 radical (unpaired) electrons. The highest BCUT2D eigenvalue weighted by molar-refractivity contribution is 5.63. The lowest BCUT2D eigenvalue weighted by atomic mass is 9.95. The van der Waals surface area contributed by atoms with Crippen molar-refractivity contribution >= 4 is 29.8 Å². The first kappa shape index (κ1) is 40.6. The van der Waals surface area contributed by atoms with Crippen LogP contribution >= 0.6 is 0 Å². The van der Waals surface area contributed by atoms with Gasteiger partial charge in [0.2, 0.25) is 0 Å². The van der Waals surface area contributed by atoms with Crippen LogP contribution in [0.5, 0.6) is 0 Å². The van der Waals surface area contributed by atoms with Crippen molar-refractivity contribution in [1.29, 1.82) is 0 Å². The fourth-order valence-corrected chi connectivity index (χ4v) is 1.90. The molecule has 1 rings (SSSR count). The Hall–Kier alpha value is -2.77. The van der Waals surface area contributed by atoms with Crippen molar-refractivity contribution in [3.05, 3.63) is 0 Å². The molecule has 198 valence electrons. The zero-order valence-electron chi connectivity index (χ0n) is 20.3. The minimum atomic E-state index is -0.833. The van der Waals surface area contributed by atoms with Gasteiger partial charge in [0.25, 0.3) is 29.8 Å². The Balaban J connectivity index is -0.000000109. The van der Waals surface area contributed by atoms with Gasteiger partial charge in [0, 0.05) is 66.8 Å². The molecule has 0 aromatic heterocycles. The van der Waals surface area contributed by atoms with Crippen LogP contribution in [0, 0.1) is 0 Å². The second-order valence-electron chi connectivity index (χ2n) is 6.42. The van der Waals surface area contributed by atoms with E-state index >= 15 is 0 Å². The van der Waals surface area contributed by atoms with Gasteiger partial charge in [-0.3, -0.25) is 24.0 Å². The van der Waals surface area contributed by atoms with Crippen LogP contribution in [-0.2, 0) is 24.0 Å². The Morgan fingerprint density at radius 3 is 1.21 bits per heavy atom. The van der Waals surface area contributed by atoms with Gasteiger partial charge in [0.05, 0.1) is 0 Å². The van der Waals surface area contributed by atoms with Gasteiger partial charge in [-0.05, 0) is 12.8 Å². The highest BCUT2D eigenvalue weighted by atomic mass is 16.4. The van der Waals surface area contributed by atoms with E-state index in [2.05, 4.69) is 10.6 Å². The molecule has 1 fully saturated rings. The van der Waals surface area contributed by atoms with Crippen LogP contribution in [0.2, 0.25) is 0 Å². The normalized spacial score (nSPS) is 11.3. The van der Waals surface area contributed by atoms with E-state index in [1.807, 2.05) is 0 Å². The average molecular weight is 486 g/mol. The Morgan fingerprint density at radius 1 is 0.636 bits per heavy atom. The highest BCUT2D eigenvalue weighted by Gasteiger charge is 2.11. The van der Waals surface area contributed by atoms with E-state index in [4.69, 9.17) is 55.2 Å². The number of carboxylic acids is 5. The molecule has 33 heavy (non-hydrogen) atoms. The van der Waals surface area contributed by atoms with E-state index in [0.29, 0.717) is 0 Å². The standard InChI is InChI=1S/C10H23N3.5C2H4O2/c11-6-7-12-8-9-13-10-4-2-1-3-5-10;5*1-2(3)4/h10,12-13H,1-9,11H2;5*1H3,(H,3,4). The number of hydrogen-bond donors (Lipinski definition) is 8. The molecule has 0 aromatic rings. The maximum atomic E-state index is 9.00. The summed E-state index contributed by atoms with van der Waals surface area (Å²) in [6.45, 7) is 9.23. The Morgan fingerprint density at radius 2 is 0.939 bits per heavy atom. The fraction of sp³-hybridized carbons (Fsp3) is 0.750. The van der Waals surface area contributed by atoms with Crippen molar-refractivity contribution in [3.8, 4) is 0 Å². The van der Waals surface area contributed by atoms with Gasteiger partial charge in [-0.2, -0.15) is 0 Å². The lowest BCUT2D eigenvalue weighted by molar-refractivity contribution is -0.135. The molecule has 0 heterocycles. The third kappa shape index (κ3) is 145. The minimum Gasteiger partial charge on any atom is -0.481 e. The van der Waals surface area contributed by atoms with Gasteiger partial charge in [-0.25, -0.2) is 0 Å². The Bertz CT molecular complexity index is 407. The quantitative estimate of drug-likeness (QED) is 0.244. The Kier molecular flexibility index (Phi) is 41.6. The second-order valence-corrected chi connectivity index (χ2v) is 6.42. The molecule has 0 aliphatic heterocycles. The van der Waals surface area contributed by atoms with Gasteiger partial charge < -0.3 is 41.9 Å². The van der Waals surface area contributed by atoms with Crippen molar-refractivity contribution in [3.63, 3.8) is 0 Å². The van der Waals surface area contributed by atoms with E-state index in [1.54, 1.807) is 0 Å². The van der Waals surface area contributed by atoms with Crippen molar-refractivity contribution in [2.24, 2.45) is 5.73 Å². The average Bonchev–Trinajstić information content (AvgIpc) is 2.60. The predicted octanol–water partition coefficient (Wildman–Crippen LogP) is 0.912. The monoisotopic (exact) mass is 485 g/mol. The molecule has 0 bridgehead atoms. The lowest BCUT2D eigenvalue weighted by Crippen LogP contribution is -2.37. The second kappa shape index (κ2) is 33.9. The molecule has 0 spiro atoms. The SMILES string of the molecule is CC(=O)O.CC(=O)O.CC(=O)O.CC(=O)O.CC(=O)O.NCCNCCNC1CCCCC1. The molecule has 1 aliphatic rings. The van der Waals surface area contributed by atoms with Gasteiger partial charge in [0.1, 0.15) is 0 Å². The number of carboxylic acid groups (broad SMARTS) is 5. The summed E-state index contributed by atoms with van der Waals surface area (Å²) < 4.78 is 0. The first-order chi connectivity index (χ1) is 15.1. The van der Waals surface area contributed by atoms with Gasteiger partial charge in [0.15, 0.2) is 0 Å². The largest absolute Gasteiger partial charge is 0.481 e. The first-order valence-corrected chi connectivity index (χ1v) is 10.2. The van der Waals surface area contributed by atoms with Crippen LogP contribution in [0.4, 0.5) is 0 Å². The molecule has 0 amide bonds. The third-order valence-electron chi connectivity index (χ3n) is 2.66. The van der Waals surface area contributed by atoms with E-state index in [1.165, 1.54) is 32.1 Å². The van der Waals surface area contributed by atoms with E-state index in [-0.39, 0.29) is 0 Å². The van der Waals surface area contributed by atoms with Crippen molar-refractivity contribution in [2.75, 3.05) is 26.2 Å². The van der Waals surface area contributed by atoms with Crippen LogP contribution in [0.3, 0.4) is 0 Å². The van der Waals surface area contributed by atoms with Crippen LogP contribution in [-0.4, -0.2) is 87.6 Å². The summed E-state index contributed by atoms with van der Waals surface area (Å²) in [5.41, 5.74) is 5.37. The molecule has 0 atom stereocenters. The minimum absolute atomic E-state index is 0.740. The fourth-order valence-electron chi connectivity index (χ4n) is 1.90. The number of carbonyl (C=O) groups is 5. The molecule has 0 aromatic carbocycles. The molecule has 9 N–H and O–H groups in total. The molecule has 0 unspecified atom stereocenters. The summed E-state index contributed by atoms with van der Waals surface area (Å²) in [4.78, 5) is 45.0. The van der Waals surface area contributed by atoms with Crippen molar-refractivity contribution in [2.45, 2.75) is 72.8 Å². The van der Waals surface area contributed by atoms with Crippen LogP contribution in [0.25, 0.3) is 0 Å². The van der Waals surface area contributed by atoms with Gasteiger partial charge in [-0.15, -0.1) is 0 Å². The summed E-state index contributed by atoms with van der Waals surface area (Å²) in [6, 6.07) is 0.786. The molecule has 1 saturated carbocycles. The zero-order chi connectivity index (χ0) is 27.2. The molecular formula is C20H43N3O10. The van der Waals surface area contributed by atoms with Crippen LogP contribution in [0.1, 0.15) is 66.7 Å². The van der Waals surface area contributed by atoms with Crippen molar-refractivity contribution in [1.82, 2.24) is 10.6 Å². The summed E-state index contributed by atoms with van der Waals surface area (Å²) in [7, 11) is 0. The molecule has 13 nitrogen and oxygen atoms in total. The Labute approximate surface area is 195 Å². The number of hydrogen-bond acceptors (Lipinski definition) is 8. The van der Waals surface area contributed by atoms with E-state index < -0.39 is 29.8 Å². The summed E-state index contributed by atoms with van der Waals surface area (Å²) >= 11 is 0. The molecule has 0 saturated heterocycles. The van der Waals surface area contributed by atoms with Gasteiger partial charge >= 0.3 is 0 Å². The number of nitrogens with two attached hydrogens (primary N) is 1. The smallest absolute Gasteiger partial charge is 0.300 e. The topological polar surface area (TPSA) is 237 Å². The number of aliphatic carboxylic acids is 5. The van der Waals surface area contributed by atoms with E-state index in [0.717, 1.165) is 66.8 Å². The molecule has 13 heteroatoms. The maximum Gasteiger partial charge on any atom is 0.300 e. The van der Waals surface area contributed by atoms with Crippen molar-refractivity contribution < 1.29 is 49.5 Å². The van der Waals surface area contributed by atoms with Gasteiger partial charge in [-0.1, -0.05) is 19.3 Å². The number of rotatable bonds is 6. The van der Waals surface area contributed by atoms with Crippen LogP contribution in [0.15, 0.2) is 0 Å². The molecular weight excluding hydrogens is 442 g/mol. The lowest BCUT2D eigenvalue weighted by Gasteiger charge is -2.22. The summed E-state index contributed by atoms with van der Waals surface area (Å²) in [6.07, 6.45) is 7.00. The first-order valence-electron chi connectivity index (χ1n) is 10.2. The van der Waals surface area contributed by atoms with Crippen LogP contribution < -0.4 is 16.4 Å². The molecule has 1 aliphatic carbocycles. The third-order valence-corrected chi connectivity index (χ3v) is 2.66. The summed E-state index contributed by atoms with van der Waals surface area (Å²) in [5.74, 6) is -4.17. The highest BCUT2D eigenvalue weighted by Crippen LogP contribution is 2.16. The zero-order valence-corrected chi connectivity index (χ0v) is 20.3. The van der Waals surface area contributed by atoms with E-state index in [9.17, 15) is 0 Å². The number of nitrogens with one attached hydrogen (secondary N) is 2. The maximum absolute atomic E-state index is 9.00.